The number of benzene rings is 1. The maximum absolute atomic E-state index is 12.3. The summed E-state index contributed by atoms with van der Waals surface area (Å²) in [6.45, 7) is 13.0. The molecule has 0 aromatic heterocycles. The molecular formula is C33H54N3O8S-. The first-order valence-electron chi connectivity index (χ1n) is 16.2. The van der Waals surface area contributed by atoms with Gasteiger partial charge in [-0.2, -0.15) is 0 Å². The van der Waals surface area contributed by atoms with E-state index in [2.05, 4.69) is 19.2 Å². The Morgan fingerprint density at radius 2 is 1.53 bits per heavy atom. The lowest BCUT2D eigenvalue weighted by atomic mass is 10.0. The van der Waals surface area contributed by atoms with Crippen molar-refractivity contribution < 1.29 is 37.4 Å². The number of aryl methyl sites for hydroxylation is 1. The topological polar surface area (TPSA) is 160 Å². The minimum Gasteiger partial charge on any atom is -0.768 e. The van der Waals surface area contributed by atoms with Gasteiger partial charge in [0.15, 0.2) is 0 Å². The molecule has 0 radical (unpaired) electrons. The summed E-state index contributed by atoms with van der Waals surface area (Å²) in [7, 11) is 0. The summed E-state index contributed by atoms with van der Waals surface area (Å²) >= 11 is -2.09. The van der Waals surface area contributed by atoms with Crippen molar-refractivity contribution in [1.82, 2.24) is 10.2 Å². The van der Waals surface area contributed by atoms with Crippen LogP contribution in [0.3, 0.4) is 0 Å². The van der Waals surface area contributed by atoms with Gasteiger partial charge in [0, 0.05) is 24.5 Å². The largest absolute Gasteiger partial charge is 0.768 e. The average Bonchev–Trinajstić information content (AvgIpc) is 3.67. The quantitative estimate of drug-likeness (QED) is 0.239. The minimum absolute atomic E-state index is 0.0138. The monoisotopic (exact) mass is 652 g/mol. The van der Waals surface area contributed by atoms with E-state index in [0.29, 0.717) is 36.9 Å². The van der Waals surface area contributed by atoms with E-state index < -0.39 is 34.9 Å². The maximum atomic E-state index is 12.3. The number of carbonyl (C=O) groups excluding carboxylic acids is 3. The second kappa shape index (κ2) is 19.2. The van der Waals surface area contributed by atoms with Crippen LogP contribution in [0.4, 0.5) is 4.79 Å². The third kappa shape index (κ3) is 15.1. The number of carbonyl (C=O) groups is 3. The molecule has 4 rings (SSSR count). The zero-order valence-electron chi connectivity index (χ0n) is 27.9. The van der Waals surface area contributed by atoms with E-state index in [1.165, 1.54) is 17.7 Å². The van der Waals surface area contributed by atoms with Gasteiger partial charge in [-0.25, -0.2) is 9.59 Å². The number of esters is 2. The highest BCUT2D eigenvalue weighted by molar-refractivity contribution is 7.79. The summed E-state index contributed by atoms with van der Waals surface area (Å²) < 4.78 is 36.8. The van der Waals surface area contributed by atoms with E-state index in [0.717, 1.165) is 44.1 Å². The van der Waals surface area contributed by atoms with Crippen LogP contribution in [0.15, 0.2) is 29.2 Å². The first-order valence-corrected chi connectivity index (χ1v) is 17.3. The molecule has 2 aliphatic carbocycles. The molecule has 1 saturated heterocycles. The number of amides is 1. The van der Waals surface area contributed by atoms with Gasteiger partial charge in [0.2, 0.25) is 0 Å². The van der Waals surface area contributed by atoms with Gasteiger partial charge in [0.05, 0.1) is 0 Å². The summed E-state index contributed by atoms with van der Waals surface area (Å²) in [5.41, 5.74) is 6.22. The van der Waals surface area contributed by atoms with Gasteiger partial charge < -0.3 is 29.8 Å². The summed E-state index contributed by atoms with van der Waals surface area (Å²) in [6, 6.07) is 5.68. The molecular weight excluding hydrogens is 598 g/mol. The molecule has 45 heavy (non-hydrogen) atoms. The van der Waals surface area contributed by atoms with Crippen LogP contribution in [0.5, 0.6) is 0 Å². The molecule has 256 valence electrons. The van der Waals surface area contributed by atoms with Crippen molar-refractivity contribution in [2.75, 3.05) is 19.6 Å². The number of rotatable bonds is 7. The second-order valence-electron chi connectivity index (χ2n) is 13.4. The van der Waals surface area contributed by atoms with Crippen LogP contribution in [-0.4, -0.2) is 81.2 Å². The number of hydrogen-bond donors (Lipinski definition) is 2. The standard InChI is InChI=1S/C15H26N2O4.C11H21NO2.C7H8O2S/c1-15(2,3)21-14(19)17-9-8-16-10-12(17)13(18)20-11-6-4-5-7-11;1-8(2)7-10(12)11(13)14-9-5-3-4-6-9;1-6-2-4-7(5-3-6)10(8)9/h11-12,16H,4-10H2,1-3H3;8-10H,3-7,12H2,1-2H3;2-5H,1H3,(H,8,9)/p-1/t;10-;/m.0./s1. The summed E-state index contributed by atoms with van der Waals surface area (Å²) in [5.74, 6) is -0.0910. The van der Waals surface area contributed by atoms with Gasteiger partial charge in [0.1, 0.15) is 29.9 Å². The number of hydrogen-bond acceptors (Lipinski definition) is 10. The van der Waals surface area contributed by atoms with E-state index in [1.54, 1.807) is 24.3 Å². The Labute approximate surface area is 271 Å². The van der Waals surface area contributed by atoms with Gasteiger partial charge in [-0.15, -0.1) is 0 Å². The van der Waals surface area contributed by atoms with Crippen LogP contribution in [-0.2, 0) is 34.9 Å². The Bertz CT molecular complexity index is 1080. The number of piperazine rings is 1. The normalized spacial score (nSPS) is 20.3. The number of nitrogens with two attached hydrogens (primary N) is 1. The van der Waals surface area contributed by atoms with E-state index in [4.69, 9.17) is 19.9 Å². The van der Waals surface area contributed by atoms with Crippen LogP contribution < -0.4 is 11.1 Å². The molecule has 1 amide bonds. The molecule has 11 nitrogen and oxygen atoms in total. The summed E-state index contributed by atoms with van der Waals surface area (Å²) in [6.07, 6.45) is 8.88. The summed E-state index contributed by atoms with van der Waals surface area (Å²) in [4.78, 5) is 37.9. The van der Waals surface area contributed by atoms with Crippen molar-refractivity contribution in [3.05, 3.63) is 29.8 Å². The highest BCUT2D eigenvalue weighted by Crippen LogP contribution is 2.23. The Morgan fingerprint density at radius 1 is 1.00 bits per heavy atom. The molecule has 2 unspecified atom stereocenters. The van der Waals surface area contributed by atoms with Crippen molar-refractivity contribution in [2.45, 2.75) is 134 Å². The first kappa shape index (κ1) is 38.6. The third-order valence-corrected chi connectivity index (χ3v) is 8.21. The molecule has 0 spiro atoms. The number of ether oxygens (including phenoxy) is 3. The van der Waals surface area contributed by atoms with Gasteiger partial charge in [-0.3, -0.25) is 13.9 Å². The van der Waals surface area contributed by atoms with Crippen molar-refractivity contribution >= 4 is 29.1 Å². The zero-order chi connectivity index (χ0) is 33.6. The van der Waals surface area contributed by atoms with E-state index >= 15 is 0 Å². The molecule has 3 aliphatic rings. The van der Waals surface area contributed by atoms with E-state index in [-0.39, 0.29) is 24.1 Å². The van der Waals surface area contributed by atoms with Crippen LogP contribution in [0.1, 0.15) is 98.0 Å². The van der Waals surface area contributed by atoms with Crippen molar-refractivity contribution in [3.63, 3.8) is 0 Å². The maximum Gasteiger partial charge on any atom is 0.411 e. The molecule has 1 aromatic carbocycles. The predicted octanol–water partition coefficient (Wildman–Crippen LogP) is 4.76. The lowest BCUT2D eigenvalue weighted by Crippen LogP contribution is -2.58. The second-order valence-corrected chi connectivity index (χ2v) is 14.3. The fourth-order valence-electron chi connectivity index (χ4n) is 5.21. The van der Waals surface area contributed by atoms with E-state index in [9.17, 15) is 23.1 Å². The van der Waals surface area contributed by atoms with Crippen LogP contribution >= 0.6 is 0 Å². The van der Waals surface area contributed by atoms with Gasteiger partial charge in [0.25, 0.3) is 0 Å². The Hall–Kier alpha value is -2.54. The lowest BCUT2D eigenvalue weighted by Gasteiger charge is -2.36. The van der Waals surface area contributed by atoms with Gasteiger partial charge >= 0.3 is 18.0 Å². The first-order chi connectivity index (χ1) is 21.2. The highest BCUT2D eigenvalue weighted by Gasteiger charge is 2.37. The predicted molar refractivity (Wildman–Crippen MR) is 172 cm³/mol. The summed E-state index contributed by atoms with van der Waals surface area (Å²) in [5, 5.41) is 3.14. The van der Waals surface area contributed by atoms with Crippen LogP contribution in [0.25, 0.3) is 0 Å². The molecule has 0 bridgehead atoms. The SMILES string of the molecule is CC(C)(C)OC(=O)N1CCNCC1C(=O)OC1CCCC1.CC(C)C[C@H](N)C(=O)OC1CCCC1.Cc1ccc(S(=O)[O-])cc1. The fraction of sp³-hybridized carbons (Fsp3) is 0.727. The van der Waals surface area contributed by atoms with Crippen molar-refractivity contribution in [3.8, 4) is 0 Å². The molecule has 3 atom stereocenters. The Morgan fingerprint density at radius 3 is 2.02 bits per heavy atom. The van der Waals surface area contributed by atoms with Gasteiger partial charge in [-0.05, 0) is 115 Å². The van der Waals surface area contributed by atoms with Gasteiger partial charge in [-0.1, -0.05) is 31.5 Å². The lowest BCUT2D eigenvalue weighted by molar-refractivity contribution is -0.155. The Balaban J connectivity index is 0.000000254. The number of nitrogens with one attached hydrogen (secondary N) is 1. The molecule has 3 N–H and O–H groups in total. The van der Waals surface area contributed by atoms with E-state index in [1.807, 2.05) is 27.7 Å². The molecule has 1 heterocycles. The molecule has 12 heteroatoms. The van der Waals surface area contributed by atoms with Crippen LogP contribution in [0.2, 0.25) is 0 Å². The minimum atomic E-state index is -2.09. The molecule has 2 saturated carbocycles. The third-order valence-electron chi connectivity index (χ3n) is 7.56. The fourth-order valence-corrected chi connectivity index (χ4v) is 5.57. The smallest absolute Gasteiger partial charge is 0.411 e. The molecule has 3 fully saturated rings. The molecule has 1 aromatic rings. The zero-order valence-corrected chi connectivity index (χ0v) is 28.7. The number of nitrogens with zero attached hydrogens (tertiary/aromatic N) is 1. The molecule has 1 aliphatic heterocycles. The highest BCUT2D eigenvalue weighted by atomic mass is 32.2. The van der Waals surface area contributed by atoms with Crippen molar-refractivity contribution in [2.24, 2.45) is 11.7 Å². The van der Waals surface area contributed by atoms with Crippen molar-refractivity contribution in [1.29, 1.82) is 0 Å². The average molecular weight is 653 g/mol. The Kier molecular flexibility index (Phi) is 16.5. The van der Waals surface area contributed by atoms with Crippen LogP contribution in [0, 0.1) is 12.8 Å².